The molecule has 1 aromatic heterocycles. The molecular weight excluding hydrogens is 330 g/mol. The van der Waals surface area contributed by atoms with Crippen molar-refractivity contribution in [3.63, 3.8) is 0 Å². The first-order chi connectivity index (χ1) is 12.1. The van der Waals surface area contributed by atoms with Crippen LogP contribution in [0.4, 0.5) is 5.69 Å². The van der Waals surface area contributed by atoms with Crippen LogP contribution < -0.4 is 5.32 Å². The second-order valence-electron chi connectivity index (χ2n) is 5.89. The summed E-state index contributed by atoms with van der Waals surface area (Å²) in [5.41, 5.74) is 4.09. The minimum absolute atomic E-state index is 0.0325. The Bertz CT molecular complexity index is 831. The lowest BCUT2D eigenvalue weighted by atomic mass is 10.1. The number of imidazole rings is 1. The first-order valence-electron chi connectivity index (χ1n) is 8.24. The Kier molecular flexibility index (Phi) is 5.56. The number of para-hydroxylation sites is 1. The molecule has 1 atom stereocenters. The van der Waals surface area contributed by atoms with E-state index in [0.717, 1.165) is 28.7 Å². The summed E-state index contributed by atoms with van der Waals surface area (Å²) >= 11 is 1.44. The molecule has 0 saturated carbocycles. The number of anilines is 1. The molecule has 0 aliphatic carbocycles. The highest BCUT2D eigenvalue weighted by Gasteiger charge is 2.17. The zero-order valence-corrected chi connectivity index (χ0v) is 15.1. The lowest BCUT2D eigenvalue weighted by Gasteiger charge is -2.10. The molecule has 0 radical (unpaired) electrons. The number of thioether (sulfide) groups is 1. The Balaban J connectivity index is 1.62. The zero-order chi connectivity index (χ0) is 17.6. The number of rotatable bonds is 6. The lowest BCUT2D eigenvalue weighted by molar-refractivity contribution is -0.115. The number of carbonyl (C=O) groups is 1. The number of nitrogens with one attached hydrogen (secondary N) is 2. The van der Waals surface area contributed by atoms with Crippen molar-refractivity contribution in [2.24, 2.45) is 0 Å². The first-order valence-corrected chi connectivity index (χ1v) is 9.12. The van der Waals surface area contributed by atoms with Crippen molar-refractivity contribution in [1.82, 2.24) is 9.97 Å². The van der Waals surface area contributed by atoms with Crippen molar-refractivity contribution < 1.29 is 4.79 Å². The Morgan fingerprint density at radius 2 is 1.76 bits per heavy atom. The third-order valence-electron chi connectivity index (χ3n) is 3.88. The van der Waals surface area contributed by atoms with Crippen LogP contribution >= 0.6 is 11.8 Å². The molecule has 128 valence electrons. The van der Waals surface area contributed by atoms with Gasteiger partial charge in [-0.1, -0.05) is 60.3 Å². The number of hydrogen-bond donors (Lipinski definition) is 2. The third-order valence-corrected chi connectivity index (χ3v) is 4.86. The maximum absolute atomic E-state index is 12.3. The number of hydrogen-bond acceptors (Lipinski definition) is 3. The molecule has 25 heavy (non-hydrogen) atoms. The summed E-state index contributed by atoms with van der Waals surface area (Å²) in [5, 5.41) is 3.46. The van der Waals surface area contributed by atoms with Gasteiger partial charge in [0.25, 0.3) is 0 Å². The van der Waals surface area contributed by atoms with E-state index in [1.54, 1.807) is 0 Å². The number of nitrogens with zero attached hydrogens (tertiary/aromatic N) is 1. The summed E-state index contributed by atoms with van der Waals surface area (Å²) in [6, 6.07) is 19.7. The fraction of sp³-hybridized carbons (Fsp3) is 0.200. The van der Waals surface area contributed by atoms with E-state index in [9.17, 15) is 4.79 Å². The van der Waals surface area contributed by atoms with Gasteiger partial charge in [0.05, 0.1) is 10.9 Å². The quantitative estimate of drug-likeness (QED) is 0.646. The van der Waals surface area contributed by atoms with Gasteiger partial charge in [0, 0.05) is 17.8 Å². The Labute approximate surface area is 152 Å². The predicted octanol–water partition coefficient (Wildman–Crippen LogP) is 4.43. The summed E-state index contributed by atoms with van der Waals surface area (Å²) < 4.78 is 0. The number of carbonyl (C=O) groups excluding carboxylic acids is 1. The van der Waals surface area contributed by atoms with E-state index in [-0.39, 0.29) is 11.2 Å². The summed E-state index contributed by atoms with van der Waals surface area (Å²) in [6.45, 7) is 3.90. The predicted molar refractivity (Wildman–Crippen MR) is 103 cm³/mol. The molecule has 4 nitrogen and oxygen atoms in total. The van der Waals surface area contributed by atoms with Crippen LogP contribution in [0.25, 0.3) is 0 Å². The normalized spacial score (nSPS) is 11.9. The summed E-state index contributed by atoms with van der Waals surface area (Å²) in [5.74, 6) is -0.0325. The van der Waals surface area contributed by atoms with Gasteiger partial charge in [0.2, 0.25) is 5.91 Å². The fourth-order valence-electron chi connectivity index (χ4n) is 2.47. The number of aromatic nitrogens is 2. The molecule has 0 aliphatic rings. The molecular formula is C20H21N3OS. The Hall–Kier alpha value is -2.53. The molecule has 0 spiro atoms. The van der Waals surface area contributed by atoms with Gasteiger partial charge >= 0.3 is 0 Å². The number of amides is 1. The number of aryl methyl sites for hydroxylation is 1. The molecule has 2 N–H and O–H groups in total. The van der Waals surface area contributed by atoms with E-state index in [1.807, 2.05) is 62.4 Å². The van der Waals surface area contributed by atoms with Crippen LogP contribution in [0, 0.1) is 6.92 Å². The highest BCUT2D eigenvalue weighted by molar-refractivity contribution is 8.00. The highest BCUT2D eigenvalue weighted by Crippen LogP contribution is 2.24. The van der Waals surface area contributed by atoms with Crippen LogP contribution in [0.15, 0.2) is 65.8 Å². The lowest BCUT2D eigenvalue weighted by Crippen LogP contribution is -2.22. The van der Waals surface area contributed by atoms with Crippen LogP contribution in [-0.2, 0) is 11.2 Å². The zero-order valence-electron chi connectivity index (χ0n) is 14.3. The average Bonchev–Trinajstić information content (AvgIpc) is 2.95. The van der Waals surface area contributed by atoms with Crippen LogP contribution in [0.2, 0.25) is 0 Å². The van der Waals surface area contributed by atoms with Crippen LogP contribution in [0.1, 0.15) is 23.9 Å². The second kappa shape index (κ2) is 8.03. The number of benzene rings is 2. The molecule has 1 heterocycles. The van der Waals surface area contributed by atoms with Gasteiger partial charge < -0.3 is 10.3 Å². The molecule has 3 aromatic rings. The smallest absolute Gasteiger partial charge is 0.237 e. The fourth-order valence-corrected chi connectivity index (χ4v) is 3.35. The van der Waals surface area contributed by atoms with E-state index >= 15 is 0 Å². The molecule has 0 fully saturated rings. The maximum atomic E-state index is 12.3. The van der Waals surface area contributed by atoms with Gasteiger partial charge in [0.1, 0.15) is 0 Å². The van der Waals surface area contributed by atoms with Crippen molar-refractivity contribution in [3.8, 4) is 0 Å². The summed E-state index contributed by atoms with van der Waals surface area (Å²) in [4.78, 5) is 20.3. The van der Waals surface area contributed by atoms with Crippen molar-refractivity contribution in [1.29, 1.82) is 0 Å². The second-order valence-corrected chi connectivity index (χ2v) is 7.22. The number of aromatic amines is 1. The topological polar surface area (TPSA) is 57.8 Å². The van der Waals surface area contributed by atoms with Crippen molar-refractivity contribution in [2.75, 3.05) is 5.32 Å². The summed E-state index contributed by atoms with van der Waals surface area (Å²) in [7, 11) is 0. The van der Waals surface area contributed by atoms with Crippen molar-refractivity contribution in [2.45, 2.75) is 30.7 Å². The molecule has 0 aliphatic heterocycles. The van der Waals surface area contributed by atoms with Crippen LogP contribution in [0.5, 0.6) is 0 Å². The van der Waals surface area contributed by atoms with Gasteiger partial charge in [-0.2, -0.15) is 0 Å². The van der Waals surface area contributed by atoms with Crippen molar-refractivity contribution in [3.05, 3.63) is 77.6 Å². The Morgan fingerprint density at radius 3 is 2.44 bits per heavy atom. The standard InChI is InChI=1S/C20H21N3OS/c1-14-18(13-16-9-5-3-6-10-16)23-20(21-14)25-15(2)19(24)22-17-11-7-4-8-12-17/h3-12,15H,13H2,1-2H3,(H,21,23)(H,22,24). The highest BCUT2D eigenvalue weighted by atomic mass is 32.2. The van der Waals surface area contributed by atoms with Gasteiger partial charge in [-0.3, -0.25) is 4.79 Å². The van der Waals surface area contributed by atoms with E-state index in [0.29, 0.717) is 0 Å². The first kappa shape index (κ1) is 17.3. The van der Waals surface area contributed by atoms with Gasteiger partial charge in [-0.15, -0.1) is 0 Å². The van der Waals surface area contributed by atoms with E-state index in [4.69, 9.17) is 0 Å². The van der Waals surface area contributed by atoms with Crippen molar-refractivity contribution >= 4 is 23.4 Å². The molecule has 1 unspecified atom stereocenters. The van der Waals surface area contributed by atoms with Crippen LogP contribution in [-0.4, -0.2) is 21.1 Å². The SMILES string of the molecule is Cc1[nH]c(SC(C)C(=O)Nc2ccccc2)nc1Cc1ccccc1. The average molecular weight is 351 g/mol. The Morgan fingerprint density at radius 1 is 1.12 bits per heavy atom. The van der Waals surface area contributed by atoms with Gasteiger partial charge in [-0.05, 0) is 31.5 Å². The van der Waals surface area contributed by atoms with Crippen LogP contribution in [0.3, 0.4) is 0 Å². The molecule has 1 amide bonds. The molecule has 5 heteroatoms. The molecule has 0 saturated heterocycles. The van der Waals surface area contributed by atoms with E-state index in [1.165, 1.54) is 17.3 Å². The largest absolute Gasteiger partial charge is 0.337 e. The molecule has 2 aromatic carbocycles. The minimum Gasteiger partial charge on any atom is -0.337 e. The van der Waals surface area contributed by atoms with Gasteiger partial charge in [-0.25, -0.2) is 4.98 Å². The van der Waals surface area contributed by atoms with E-state index < -0.39 is 0 Å². The third kappa shape index (κ3) is 4.73. The summed E-state index contributed by atoms with van der Waals surface area (Å²) in [6.07, 6.45) is 0.786. The monoisotopic (exact) mass is 351 g/mol. The maximum Gasteiger partial charge on any atom is 0.237 e. The molecule has 3 rings (SSSR count). The minimum atomic E-state index is -0.240. The van der Waals surface area contributed by atoms with E-state index in [2.05, 4.69) is 27.4 Å². The van der Waals surface area contributed by atoms with Gasteiger partial charge in [0.15, 0.2) is 5.16 Å². The number of H-pyrrole nitrogens is 1. The molecule has 0 bridgehead atoms.